The lowest BCUT2D eigenvalue weighted by Gasteiger charge is -2.25. The molecule has 0 spiro atoms. The zero-order valence-corrected chi connectivity index (χ0v) is 17.0. The number of esters is 1. The van der Waals surface area contributed by atoms with Gasteiger partial charge in [0.05, 0.1) is 30.5 Å². The zero-order chi connectivity index (χ0) is 19.4. The molecule has 2 aromatic rings. The largest absolute Gasteiger partial charge is 0.463 e. The van der Waals surface area contributed by atoms with E-state index < -0.39 is 6.10 Å². The molecule has 3 heterocycles. The van der Waals surface area contributed by atoms with Gasteiger partial charge in [0.15, 0.2) is 0 Å². The van der Waals surface area contributed by atoms with E-state index in [1.807, 2.05) is 32.5 Å². The van der Waals surface area contributed by atoms with Crippen molar-refractivity contribution in [3.05, 3.63) is 34.0 Å². The first-order valence-corrected chi connectivity index (χ1v) is 10.3. The summed E-state index contributed by atoms with van der Waals surface area (Å²) in [6.07, 6.45) is 6.13. The van der Waals surface area contributed by atoms with Crippen molar-refractivity contribution in [3.8, 4) is 0 Å². The van der Waals surface area contributed by atoms with Gasteiger partial charge in [-0.1, -0.05) is 0 Å². The molecule has 2 aromatic heterocycles. The van der Waals surface area contributed by atoms with Gasteiger partial charge in [-0.15, -0.1) is 11.3 Å². The van der Waals surface area contributed by atoms with E-state index in [-0.39, 0.29) is 18.5 Å². The normalized spacial score (nSPS) is 18.9. The molecule has 3 rings (SSSR count). The maximum absolute atomic E-state index is 11.8. The van der Waals surface area contributed by atoms with Gasteiger partial charge in [0.2, 0.25) is 0 Å². The minimum atomic E-state index is -0.499. The van der Waals surface area contributed by atoms with E-state index in [1.54, 1.807) is 10.9 Å². The Hall–Kier alpha value is -1.77. The summed E-state index contributed by atoms with van der Waals surface area (Å²) in [4.78, 5) is 18.8. The van der Waals surface area contributed by atoms with Crippen LogP contribution < -0.4 is 0 Å². The topological polar surface area (TPSA) is 80.5 Å². The van der Waals surface area contributed by atoms with Gasteiger partial charge in [-0.2, -0.15) is 5.10 Å². The van der Waals surface area contributed by atoms with E-state index in [0.29, 0.717) is 12.5 Å². The molecule has 148 valence electrons. The van der Waals surface area contributed by atoms with Crippen molar-refractivity contribution < 1.29 is 14.6 Å². The fraction of sp³-hybridized carbons (Fsp3) is 0.632. The lowest BCUT2D eigenvalue weighted by atomic mass is 10.0. The first kappa shape index (κ1) is 20.0. The molecule has 0 saturated carbocycles. The summed E-state index contributed by atoms with van der Waals surface area (Å²) in [5.41, 5.74) is 1.85. The molecule has 0 amide bonds. The fourth-order valence-electron chi connectivity index (χ4n) is 3.52. The Labute approximate surface area is 164 Å². The Bertz CT molecular complexity index is 758. The summed E-state index contributed by atoms with van der Waals surface area (Å²) in [7, 11) is 1.86. The van der Waals surface area contributed by atoms with Crippen molar-refractivity contribution in [2.24, 2.45) is 7.05 Å². The van der Waals surface area contributed by atoms with Gasteiger partial charge in [-0.3, -0.25) is 14.4 Å². The predicted octanol–water partition coefficient (Wildman–Crippen LogP) is 2.46. The van der Waals surface area contributed by atoms with Crippen LogP contribution in [0.15, 0.2) is 17.8 Å². The molecular formula is C19H28N4O3S. The predicted molar refractivity (Wildman–Crippen MR) is 103 cm³/mol. The summed E-state index contributed by atoms with van der Waals surface area (Å²) in [5, 5.41) is 17.5. The Balaban J connectivity index is 1.54. The molecule has 7 nitrogen and oxygen atoms in total. The number of likely N-dealkylation sites (tertiary alicyclic amines) is 1. The first-order valence-electron chi connectivity index (χ1n) is 9.44. The van der Waals surface area contributed by atoms with Crippen LogP contribution in [0.3, 0.4) is 0 Å². The van der Waals surface area contributed by atoms with Crippen molar-refractivity contribution in [1.82, 2.24) is 19.7 Å². The third-order valence-corrected chi connectivity index (χ3v) is 5.63. The molecule has 27 heavy (non-hydrogen) atoms. The number of aromatic nitrogens is 3. The van der Waals surface area contributed by atoms with Gasteiger partial charge in [0.25, 0.3) is 0 Å². The van der Waals surface area contributed by atoms with Crippen LogP contribution in [-0.2, 0) is 29.5 Å². The molecule has 1 fully saturated rings. The van der Waals surface area contributed by atoms with Gasteiger partial charge >= 0.3 is 5.97 Å². The Kier molecular flexibility index (Phi) is 6.62. The van der Waals surface area contributed by atoms with E-state index in [0.717, 1.165) is 42.2 Å². The molecular weight excluding hydrogens is 364 g/mol. The van der Waals surface area contributed by atoms with E-state index in [9.17, 15) is 9.90 Å². The Morgan fingerprint density at radius 1 is 1.48 bits per heavy atom. The van der Waals surface area contributed by atoms with E-state index >= 15 is 0 Å². The van der Waals surface area contributed by atoms with Crippen LogP contribution in [-0.4, -0.2) is 49.4 Å². The second-order valence-electron chi connectivity index (χ2n) is 7.41. The number of rotatable bonds is 8. The monoisotopic (exact) mass is 392 g/mol. The molecule has 1 aliphatic heterocycles. The van der Waals surface area contributed by atoms with Gasteiger partial charge < -0.3 is 9.84 Å². The van der Waals surface area contributed by atoms with Gasteiger partial charge in [-0.25, -0.2) is 4.98 Å². The summed E-state index contributed by atoms with van der Waals surface area (Å²) in [6, 6.07) is 0.330. The number of thiazole rings is 1. The second kappa shape index (κ2) is 8.95. The number of aliphatic hydroxyl groups is 1. The molecule has 0 bridgehead atoms. The van der Waals surface area contributed by atoms with Crippen LogP contribution >= 0.6 is 11.3 Å². The summed E-state index contributed by atoms with van der Waals surface area (Å²) in [6.45, 7) is 5.45. The summed E-state index contributed by atoms with van der Waals surface area (Å²) < 4.78 is 6.90. The smallest absolute Gasteiger partial charge is 0.312 e. The lowest BCUT2D eigenvalue weighted by Crippen LogP contribution is -2.30. The highest BCUT2D eigenvalue weighted by Crippen LogP contribution is 2.28. The zero-order valence-electron chi connectivity index (χ0n) is 16.2. The Morgan fingerprint density at radius 2 is 2.30 bits per heavy atom. The highest BCUT2D eigenvalue weighted by Gasteiger charge is 2.28. The highest BCUT2D eigenvalue weighted by molar-refractivity contribution is 7.09. The Morgan fingerprint density at radius 3 is 3.00 bits per heavy atom. The van der Waals surface area contributed by atoms with Gasteiger partial charge in [-0.05, 0) is 39.7 Å². The van der Waals surface area contributed by atoms with Crippen molar-refractivity contribution in [2.75, 3.05) is 6.54 Å². The molecule has 0 unspecified atom stereocenters. The minimum Gasteiger partial charge on any atom is -0.463 e. The standard InChI is InChI=1S/C19H28N4O3S/c1-13(2)26-19(25)8-18-21-15(12-27-18)11-23-6-4-5-16(23)7-17(24)14-9-20-22(3)10-14/h9-10,12-13,16-17,24H,4-8,11H2,1-3H3/t16-,17+/m0/s1. The maximum atomic E-state index is 11.8. The average Bonchev–Trinajstić information content (AvgIpc) is 3.30. The summed E-state index contributed by atoms with van der Waals surface area (Å²) in [5.74, 6) is -0.232. The number of aliphatic hydroxyl groups excluding tert-OH is 1. The SMILES string of the molecule is CC(C)OC(=O)Cc1nc(CN2CCC[C@H]2C[C@@H](O)c2cnn(C)c2)cs1. The molecule has 1 saturated heterocycles. The van der Waals surface area contributed by atoms with Gasteiger partial charge in [0, 0.05) is 36.8 Å². The minimum absolute atomic E-state index is 0.103. The van der Waals surface area contributed by atoms with Crippen LogP contribution in [0.5, 0.6) is 0 Å². The number of carbonyl (C=O) groups excluding carboxylic acids is 1. The molecule has 0 aliphatic carbocycles. The van der Waals surface area contributed by atoms with Crippen LogP contribution in [0.4, 0.5) is 0 Å². The molecule has 1 N–H and O–H groups in total. The first-order chi connectivity index (χ1) is 12.9. The number of ether oxygens (including phenoxy) is 1. The van der Waals surface area contributed by atoms with Crippen molar-refractivity contribution in [3.63, 3.8) is 0 Å². The molecule has 0 aromatic carbocycles. The van der Waals surface area contributed by atoms with E-state index in [2.05, 4.69) is 15.0 Å². The third kappa shape index (κ3) is 5.60. The quantitative estimate of drug-likeness (QED) is 0.695. The van der Waals surface area contributed by atoms with Crippen molar-refractivity contribution in [1.29, 1.82) is 0 Å². The number of nitrogens with zero attached hydrogens (tertiary/aromatic N) is 4. The third-order valence-electron chi connectivity index (χ3n) is 4.73. The number of hydrogen-bond donors (Lipinski definition) is 1. The number of hydrogen-bond acceptors (Lipinski definition) is 7. The molecule has 1 aliphatic rings. The molecule has 2 atom stereocenters. The van der Waals surface area contributed by atoms with Crippen molar-refractivity contribution in [2.45, 2.75) is 64.3 Å². The van der Waals surface area contributed by atoms with Crippen LogP contribution in [0.1, 0.15) is 55.5 Å². The summed E-state index contributed by atoms with van der Waals surface area (Å²) >= 11 is 1.50. The second-order valence-corrected chi connectivity index (χ2v) is 8.36. The molecule has 8 heteroatoms. The molecule has 0 radical (unpaired) electrons. The number of aryl methyl sites for hydroxylation is 1. The highest BCUT2D eigenvalue weighted by atomic mass is 32.1. The maximum Gasteiger partial charge on any atom is 0.312 e. The average molecular weight is 393 g/mol. The lowest BCUT2D eigenvalue weighted by molar-refractivity contribution is -0.146. The van der Waals surface area contributed by atoms with Gasteiger partial charge in [0.1, 0.15) is 5.01 Å². The van der Waals surface area contributed by atoms with Crippen LogP contribution in [0.2, 0.25) is 0 Å². The van der Waals surface area contributed by atoms with Crippen LogP contribution in [0.25, 0.3) is 0 Å². The van der Waals surface area contributed by atoms with Crippen LogP contribution in [0, 0.1) is 0 Å². The van der Waals surface area contributed by atoms with E-state index in [1.165, 1.54) is 11.3 Å². The number of carbonyl (C=O) groups is 1. The van der Waals surface area contributed by atoms with Crippen molar-refractivity contribution >= 4 is 17.3 Å². The van der Waals surface area contributed by atoms with E-state index in [4.69, 9.17) is 4.74 Å². The fourth-order valence-corrected chi connectivity index (χ4v) is 4.29.